The molecule has 0 unspecified atom stereocenters. The van der Waals surface area contributed by atoms with Gasteiger partial charge in [0.05, 0.1) is 19.8 Å². The Labute approximate surface area is 101 Å². The van der Waals surface area contributed by atoms with Gasteiger partial charge in [0, 0.05) is 5.69 Å². The number of anilines is 1. The van der Waals surface area contributed by atoms with Crippen molar-refractivity contribution in [3.63, 3.8) is 0 Å². The third kappa shape index (κ3) is 2.18. The standard InChI is InChI=1S/C13H17NO3/c1-2-10-5-3-4-6-11(10)14-12(16)13(7-15)8-17-9-13/h3-6,15H,2,7-9H2,1H3,(H,14,16). The van der Waals surface area contributed by atoms with Gasteiger partial charge in [-0.2, -0.15) is 0 Å². The highest BCUT2D eigenvalue weighted by Crippen LogP contribution is 2.29. The second kappa shape index (κ2) is 4.85. The molecule has 1 amide bonds. The summed E-state index contributed by atoms with van der Waals surface area (Å²) >= 11 is 0. The lowest BCUT2D eigenvalue weighted by molar-refractivity contribution is -0.164. The van der Waals surface area contributed by atoms with E-state index in [-0.39, 0.29) is 12.5 Å². The number of aliphatic hydroxyl groups excluding tert-OH is 1. The van der Waals surface area contributed by atoms with Gasteiger partial charge in [0.2, 0.25) is 5.91 Å². The van der Waals surface area contributed by atoms with E-state index in [2.05, 4.69) is 5.32 Å². The zero-order chi connectivity index (χ0) is 12.3. The molecule has 1 fully saturated rings. The number of amides is 1. The molecule has 17 heavy (non-hydrogen) atoms. The minimum Gasteiger partial charge on any atom is -0.395 e. The van der Waals surface area contributed by atoms with Gasteiger partial charge < -0.3 is 15.2 Å². The smallest absolute Gasteiger partial charge is 0.237 e. The zero-order valence-electron chi connectivity index (χ0n) is 9.90. The predicted molar refractivity (Wildman–Crippen MR) is 64.8 cm³/mol. The molecule has 4 nitrogen and oxygen atoms in total. The molecule has 0 aliphatic carbocycles. The van der Waals surface area contributed by atoms with Crippen molar-refractivity contribution < 1.29 is 14.6 Å². The number of ether oxygens (including phenoxy) is 1. The quantitative estimate of drug-likeness (QED) is 0.824. The lowest BCUT2D eigenvalue weighted by Gasteiger charge is -2.38. The molecule has 1 saturated heterocycles. The van der Waals surface area contributed by atoms with Crippen molar-refractivity contribution in [2.75, 3.05) is 25.1 Å². The Balaban J connectivity index is 2.12. The number of hydrogen-bond acceptors (Lipinski definition) is 3. The Morgan fingerprint density at radius 2 is 2.18 bits per heavy atom. The number of carbonyl (C=O) groups is 1. The van der Waals surface area contributed by atoms with Crippen LogP contribution in [0.25, 0.3) is 0 Å². The third-order valence-electron chi connectivity index (χ3n) is 3.19. The van der Waals surface area contributed by atoms with Crippen molar-refractivity contribution in [1.82, 2.24) is 0 Å². The van der Waals surface area contributed by atoms with Crippen LogP contribution in [0.3, 0.4) is 0 Å². The molecule has 2 rings (SSSR count). The fourth-order valence-electron chi connectivity index (χ4n) is 1.85. The molecule has 2 N–H and O–H groups in total. The van der Waals surface area contributed by atoms with Gasteiger partial charge in [-0.3, -0.25) is 4.79 Å². The largest absolute Gasteiger partial charge is 0.395 e. The van der Waals surface area contributed by atoms with Crippen LogP contribution < -0.4 is 5.32 Å². The minimum atomic E-state index is -0.749. The number of hydrogen-bond donors (Lipinski definition) is 2. The molecule has 0 bridgehead atoms. The van der Waals surface area contributed by atoms with Gasteiger partial charge in [0.1, 0.15) is 5.41 Å². The summed E-state index contributed by atoms with van der Waals surface area (Å²) in [6, 6.07) is 7.69. The summed E-state index contributed by atoms with van der Waals surface area (Å²) < 4.78 is 5.02. The van der Waals surface area contributed by atoms with Crippen LogP contribution in [0, 0.1) is 5.41 Å². The lowest BCUT2D eigenvalue weighted by Crippen LogP contribution is -2.54. The summed E-state index contributed by atoms with van der Waals surface area (Å²) in [7, 11) is 0. The van der Waals surface area contributed by atoms with Crippen LogP contribution in [0.1, 0.15) is 12.5 Å². The van der Waals surface area contributed by atoms with Crippen LogP contribution in [0.15, 0.2) is 24.3 Å². The second-order valence-corrected chi connectivity index (χ2v) is 4.40. The Kier molecular flexibility index (Phi) is 3.45. The molecule has 0 aromatic heterocycles. The first kappa shape index (κ1) is 12.1. The third-order valence-corrected chi connectivity index (χ3v) is 3.19. The van der Waals surface area contributed by atoms with E-state index in [0.717, 1.165) is 17.7 Å². The Bertz CT molecular complexity index is 407. The highest BCUT2D eigenvalue weighted by Gasteiger charge is 2.45. The summed E-state index contributed by atoms with van der Waals surface area (Å²) in [6.45, 7) is 2.46. The first-order chi connectivity index (χ1) is 8.22. The fraction of sp³-hybridized carbons (Fsp3) is 0.462. The maximum absolute atomic E-state index is 12.1. The van der Waals surface area contributed by atoms with Crippen LogP contribution in [-0.2, 0) is 16.0 Å². The molecule has 92 valence electrons. The number of carbonyl (C=O) groups excluding carboxylic acids is 1. The van der Waals surface area contributed by atoms with Crippen LogP contribution >= 0.6 is 0 Å². The molecule has 0 radical (unpaired) electrons. The molecular formula is C13H17NO3. The zero-order valence-corrected chi connectivity index (χ0v) is 9.90. The van der Waals surface area contributed by atoms with Crippen LogP contribution in [0.4, 0.5) is 5.69 Å². The van der Waals surface area contributed by atoms with E-state index in [9.17, 15) is 9.90 Å². The number of benzene rings is 1. The average molecular weight is 235 g/mol. The topological polar surface area (TPSA) is 58.6 Å². The Morgan fingerprint density at radius 1 is 1.47 bits per heavy atom. The van der Waals surface area contributed by atoms with Gasteiger partial charge in [-0.15, -0.1) is 0 Å². The molecule has 1 aromatic carbocycles. The summed E-state index contributed by atoms with van der Waals surface area (Å²) in [5.74, 6) is -0.160. The first-order valence-corrected chi connectivity index (χ1v) is 5.80. The molecule has 1 aliphatic heterocycles. The van der Waals surface area contributed by atoms with Crippen molar-refractivity contribution in [1.29, 1.82) is 0 Å². The first-order valence-electron chi connectivity index (χ1n) is 5.80. The van der Waals surface area contributed by atoms with Gasteiger partial charge in [0.25, 0.3) is 0 Å². The van der Waals surface area contributed by atoms with E-state index in [1.165, 1.54) is 0 Å². The number of aryl methyl sites for hydroxylation is 1. The molecule has 1 aromatic rings. The molecular weight excluding hydrogens is 218 g/mol. The van der Waals surface area contributed by atoms with Crippen LogP contribution in [-0.4, -0.2) is 30.8 Å². The molecule has 0 atom stereocenters. The van der Waals surface area contributed by atoms with Gasteiger partial charge in [-0.05, 0) is 18.1 Å². The van der Waals surface area contributed by atoms with E-state index < -0.39 is 5.41 Å². The summed E-state index contributed by atoms with van der Waals surface area (Å²) in [5.41, 5.74) is 1.16. The van der Waals surface area contributed by atoms with Gasteiger partial charge in [-0.1, -0.05) is 25.1 Å². The molecule has 4 heteroatoms. The van der Waals surface area contributed by atoms with Crippen molar-refractivity contribution in [2.45, 2.75) is 13.3 Å². The van der Waals surface area contributed by atoms with Gasteiger partial charge in [0.15, 0.2) is 0 Å². The predicted octanol–water partition coefficient (Wildman–Crippen LogP) is 1.20. The van der Waals surface area contributed by atoms with Crippen molar-refractivity contribution in [3.05, 3.63) is 29.8 Å². The number of nitrogens with one attached hydrogen (secondary N) is 1. The fourth-order valence-corrected chi connectivity index (χ4v) is 1.85. The van der Waals surface area contributed by atoms with Gasteiger partial charge in [-0.25, -0.2) is 0 Å². The summed E-state index contributed by atoms with van der Waals surface area (Å²) in [5, 5.41) is 12.1. The molecule has 0 spiro atoms. The molecule has 1 aliphatic rings. The SMILES string of the molecule is CCc1ccccc1NC(=O)C1(CO)COC1. The summed E-state index contributed by atoms with van der Waals surface area (Å²) in [4.78, 5) is 12.1. The highest BCUT2D eigenvalue weighted by atomic mass is 16.5. The Hall–Kier alpha value is -1.39. The molecule has 1 heterocycles. The highest BCUT2D eigenvalue weighted by molar-refractivity contribution is 5.96. The Morgan fingerprint density at radius 3 is 2.71 bits per heavy atom. The summed E-state index contributed by atoms with van der Waals surface area (Å²) in [6.07, 6.45) is 0.860. The van der Waals surface area contributed by atoms with Gasteiger partial charge >= 0.3 is 0 Å². The maximum Gasteiger partial charge on any atom is 0.237 e. The second-order valence-electron chi connectivity index (χ2n) is 4.40. The number of para-hydroxylation sites is 1. The van der Waals surface area contributed by atoms with Crippen molar-refractivity contribution in [2.24, 2.45) is 5.41 Å². The average Bonchev–Trinajstić information content (AvgIpc) is 2.29. The van der Waals surface area contributed by atoms with E-state index in [1.807, 2.05) is 31.2 Å². The number of rotatable bonds is 4. The maximum atomic E-state index is 12.1. The van der Waals surface area contributed by atoms with Crippen molar-refractivity contribution in [3.8, 4) is 0 Å². The van der Waals surface area contributed by atoms with E-state index in [4.69, 9.17) is 4.74 Å². The van der Waals surface area contributed by atoms with E-state index in [1.54, 1.807) is 0 Å². The normalized spacial score (nSPS) is 17.3. The van der Waals surface area contributed by atoms with E-state index in [0.29, 0.717) is 13.2 Å². The van der Waals surface area contributed by atoms with Crippen molar-refractivity contribution >= 4 is 11.6 Å². The molecule has 0 saturated carbocycles. The minimum absolute atomic E-state index is 0.160. The lowest BCUT2D eigenvalue weighted by atomic mass is 9.86. The van der Waals surface area contributed by atoms with Crippen LogP contribution in [0.2, 0.25) is 0 Å². The monoisotopic (exact) mass is 235 g/mol. The number of aliphatic hydroxyl groups is 1. The van der Waals surface area contributed by atoms with E-state index >= 15 is 0 Å². The van der Waals surface area contributed by atoms with Crippen LogP contribution in [0.5, 0.6) is 0 Å².